The molecule has 0 heterocycles. The van der Waals surface area contributed by atoms with Crippen molar-refractivity contribution in [2.75, 3.05) is 19.4 Å². The Morgan fingerprint density at radius 3 is 2.60 bits per heavy atom. The van der Waals surface area contributed by atoms with Crippen LogP contribution in [0.3, 0.4) is 0 Å². The molecule has 15 heavy (non-hydrogen) atoms. The lowest BCUT2D eigenvalue weighted by Crippen LogP contribution is -2.27. The lowest BCUT2D eigenvalue weighted by Gasteiger charge is -2.13. The van der Waals surface area contributed by atoms with Gasteiger partial charge in [-0.05, 0) is 30.2 Å². The van der Waals surface area contributed by atoms with E-state index in [-0.39, 0.29) is 6.03 Å². The number of amides is 2. The quantitative estimate of drug-likeness (QED) is 0.773. The summed E-state index contributed by atoms with van der Waals surface area (Å²) in [5.74, 6) is 0. The van der Waals surface area contributed by atoms with E-state index in [0.29, 0.717) is 6.54 Å². The van der Waals surface area contributed by atoms with Gasteiger partial charge in [0, 0.05) is 26.3 Å². The van der Waals surface area contributed by atoms with E-state index in [1.165, 1.54) is 4.90 Å². The maximum atomic E-state index is 11.4. The van der Waals surface area contributed by atoms with Gasteiger partial charge in [0.2, 0.25) is 0 Å². The maximum absolute atomic E-state index is 11.4. The van der Waals surface area contributed by atoms with Crippen molar-refractivity contribution in [2.45, 2.75) is 13.5 Å². The van der Waals surface area contributed by atoms with Crippen LogP contribution in [0.5, 0.6) is 0 Å². The Labute approximate surface area is 90.1 Å². The van der Waals surface area contributed by atoms with Crippen molar-refractivity contribution in [2.24, 2.45) is 5.73 Å². The summed E-state index contributed by atoms with van der Waals surface area (Å²) in [6, 6.07) is 5.58. The molecular weight excluding hydrogens is 190 g/mol. The van der Waals surface area contributed by atoms with Crippen molar-refractivity contribution >= 4 is 11.7 Å². The zero-order valence-corrected chi connectivity index (χ0v) is 9.37. The SMILES string of the molecule is Cc1cc(NC(=O)N(C)C)ccc1CN. The van der Waals surface area contributed by atoms with E-state index in [1.807, 2.05) is 25.1 Å². The van der Waals surface area contributed by atoms with Gasteiger partial charge in [-0.1, -0.05) is 6.07 Å². The number of urea groups is 1. The molecule has 4 heteroatoms. The minimum absolute atomic E-state index is 0.130. The average Bonchev–Trinajstić information content (AvgIpc) is 2.18. The largest absolute Gasteiger partial charge is 0.331 e. The van der Waals surface area contributed by atoms with E-state index in [4.69, 9.17) is 5.73 Å². The molecule has 0 saturated heterocycles. The Morgan fingerprint density at radius 2 is 2.13 bits per heavy atom. The summed E-state index contributed by atoms with van der Waals surface area (Å²) in [5.41, 5.74) is 8.54. The molecule has 0 bridgehead atoms. The number of nitrogens with two attached hydrogens (primary N) is 1. The fourth-order valence-corrected chi connectivity index (χ4v) is 1.24. The van der Waals surface area contributed by atoms with Crippen molar-refractivity contribution < 1.29 is 4.79 Å². The monoisotopic (exact) mass is 207 g/mol. The number of rotatable bonds is 2. The molecule has 1 aromatic rings. The number of carbonyl (C=O) groups excluding carboxylic acids is 1. The lowest BCUT2D eigenvalue weighted by molar-refractivity contribution is 0.230. The molecule has 0 radical (unpaired) electrons. The zero-order valence-electron chi connectivity index (χ0n) is 9.37. The molecule has 0 spiro atoms. The normalized spacial score (nSPS) is 9.87. The van der Waals surface area contributed by atoms with Crippen molar-refractivity contribution in [1.82, 2.24) is 4.90 Å². The first-order valence-electron chi connectivity index (χ1n) is 4.82. The van der Waals surface area contributed by atoms with Crippen molar-refractivity contribution in [3.8, 4) is 0 Å². The number of hydrogen-bond donors (Lipinski definition) is 2. The van der Waals surface area contributed by atoms with Gasteiger partial charge in [-0.2, -0.15) is 0 Å². The van der Waals surface area contributed by atoms with E-state index in [2.05, 4.69) is 5.32 Å². The smallest absolute Gasteiger partial charge is 0.321 e. The molecule has 0 atom stereocenters. The predicted molar refractivity (Wildman–Crippen MR) is 61.8 cm³/mol. The number of anilines is 1. The fraction of sp³-hybridized carbons (Fsp3) is 0.364. The molecule has 0 aliphatic rings. The molecule has 0 aliphatic heterocycles. The van der Waals surface area contributed by atoms with Crippen LogP contribution in [0.1, 0.15) is 11.1 Å². The first-order valence-corrected chi connectivity index (χ1v) is 4.82. The molecular formula is C11H17N3O. The number of nitrogens with zero attached hydrogens (tertiary/aromatic N) is 1. The number of aryl methyl sites for hydroxylation is 1. The number of hydrogen-bond acceptors (Lipinski definition) is 2. The third kappa shape index (κ3) is 2.95. The van der Waals surface area contributed by atoms with Crippen LogP contribution in [0, 0.1) is 6.92 Å². The van der Waals surface area contributed by atoms with Crippen LogP contribution >= 0.6 is 0 Å². The molecule has 1 aromatic carbocycles. The zero-order chi connectivity index (χ0) is 11.4. The summed E-state index contributed by atoms with van der Waals surface area (Å²) in [6.45, 7) is 2.50. The first-order chi connectivity index (χ1) is 7.04. The second kappa shape index (κ2) is 4.79. The molecule has 4 nitrogen and oxygen atoms in total. The summed E-state index contributed by atoms with van der Waals surface area (Å²) in [6.07, 6.45) is 0. The number of carbonyl (C=O) groups is 1. The lowest BCUT2D eigenvalue weighted by atomic mass is 10.1. The second-order valence-electron chi connectivity index (χ2n) is 3.67. The average molecular weight is 207 g/mol. The van der Waals surface area contributed by atoms with Crippen LogP contribution in [-0.2, 0) is 6.54 Å². The van der Waals surface area contributed by atoms with Gasteiger partial charge < -0.3 is 16.0 Å². The van der Waals surface area contributed by atoms with Crippen LogP contribution in [0.25, 0.3) is 0 Å². The van der Waals surface area contributed by atoms with Gasteiger partial charge in [0.05, 0.1) is 0 Å². The van der Waals surface area contributed by atoms with Gasteiger partial charge >= 0.3 is 6.03 Å². The molecule has 2 amide bonds. The summed E-state index contributed by atoms with van der Waals surface area (Å²) in [4.78, 5) is 12.9. The standard InChI is InChI=1S/C11H17N3O/c1-8-6-10(5-4-9(8)7-12)13-11(15)14(2)3/h4-6H,7,12H2,1-3H3,(H,13,15). The Morgan fingerprint density at radius 1 is 1.47 bits per heavy atom. The third-order valence-electron chi connectivity index (χ3n) is 2.22. The molecule has 82 valence electrons. The topological polar surface area (TPSA) is 58.4 Å². The highest BCUT2D eigenvalue weighted by Gasteiger charge is 2.04. The predicted octanol–water partition coefficient (Wildman–Crippen LogP) is 1.55. The van der Waals surface area contributed by atoms with Crippen molar-refractivity contribution in [3.63, 3.8) is 0 Å². The molecule has 3 N–H and O–H groups in total. The summed E-state index contributed by atoms with van der Waals surface area (Å²) >= 11 is 0. The fourth-order valence-electron chi connectivity index (χ4n) is 1.24. The molecule has 0 fully saturated rings. The second-order valence-corrected chi connectivity index (χ2v) is 3.67. The van der Waals surface area contributed by atoms with E-state index in [1.54, 1.807) is 14.1 Å². The van der Waals surface area contributed by atoms with Crippen LogP contribution in [0.2, 0.25) is 0 Å². The Kier molecular flexibility index (Phi) is 3.68. The Hall–Kier alpha value is -1.55. The van der Waals surface area contributed by atoms with E-state index >= 15 is 0 Å². The molecule has 0 unspecified atom stereocenters. The highest BCUT2D eigenvalue weighted by atomic mass is 16.2. The van der Waals surface area contributed by atoms with Crippen molar-refractivity contribution in [3.05, 3.63) is 29.3 Å². The highest BCUT2D eigenvalue weighted by molar-refractivity contribution is 5.89. The molecule has 0 saturated carbocycles. The van der Waals surface area contributed by atoms with Crippen LogP contribution in [0.15, 0.2) is 18.2 Å². The van der Waals surface area contributed by atoms with E-state index < -0.39 is 0 Å². The number of benzene rings is 1. The maximum Gasteiger partial charge on any atom is 0.321 e. The summed E-state index contributed by atoms with van der Waals surface area (Å²) < 4.78 is 0. The number of nitrogens with one attached hydrogen (secondary N) is 1. The van der Waals surface area contributed by atoms with Crippen LogP contribution in [0.4, 0.5) is 10.5 Å². The van der Waals surface area contributed by atoms with E-state index in [0.717, 1.165) is 16.8 Å². The van der Waals surface area contributed by atoms with Gasteiger partial charge in [-0.15, -0.1) is 0 Å². The van der Waals surface area contributed by atoms with Gasteiger partial charge in [0.15, 0.2) is 0 Å². The molecule has 1 rings (SSSR count). The third-order valence-corrected chi connectivity index (χ3v) is 2.22. The van der Waals surface area contributed by atoms with Gasteiger partial charge in [-0.3, -0.25) is 0 Å². The van der Waals surface area contributed by atoms with Gasteiger partial charge in [0.1, 0.15) is 0 Å². The minimum Gasteiger partial charge on any atom is -0.331 e. The summed E-state index contributed by atoms with van der Waals surface area (Å²) in [7, 11) is 3.41. The van der Waals surface area contributed by atoms with Crippen LogP contribution < -0.4 is 11.1 Å². The highest BCUT2D eigenvalue weighted by Crippen LogP contribution is 2.14. The van der Waals surface area contributed by atoms with Gasteiger partial charge in [0.25, 0.3) is 0 Å². The van der Waals surface area contributed by atoms with Crippen molar-refractivity contribution in [1.29, 1.82) is 0 Å². The minimum atomic E-state index is -0.130. The Bertz CT molecular complexity index is 361. The summed E-state index contributed by atoms with van der Waals surface area (Å²) in [5, 5.41) is 2.78. The first kappa shape index (κ1) is 11.5. The Balaban J connectivity index is 2.80. The van der Waals surface area contributed by atoms with E-state index in [9.17, 15) is 4.79 Å². The van der Waals surface area contributed by atoms with Crippen LogP contribution in [-0.4, -0.2) is 25.0 Å². The molecule has 0 aliphatic carbocycles. The van der Waals surface area contributed by atoms with Gasteiger partial charge in [-0.25, -0.2) is 4.79 Å². The molecule has 0 aromatic heterocycles.